The van der Waals surface area contributed by atoms with Gasteiger partial charge in [0.15, 0.2) is 17.1 Å². The molecule has 0 saturated carbocycles. The summed E-state index contributed by atoms with van der Waals surface area (Å²) in [5.74, 6) is 2.07. The molecule has 0 saturated heterocycles. The van der Waals surface area contributed by atoms with Crippen LogP contribution in [0.2, 0.25) is 0 Å². The molecule has 24 heavy (non-hydrogen) atoms. The van der Waals surface area contributed by atoms with Crippen LogP contribution in [0.1, 0.15) is 35.5 Å². The number of fused-ring (bicyclic) bond motifs is 1. The molecular weight excluding hydrogens is 302 g/mol. The summed E-state index contributed by atoms with van der Waals surface area (Å²) in [5, 5.41) is 0.823. The van der Waals surface area contributed by atoms with E-state index in [4.69, 9.17) is 9.15 Å². The Morgan fingerprint density at radius 2 is 1.96 bits per heavy atom. The SMILES string of the molecule is COc1ccc(C(=O)Cc2ccncc2)c2cc(CC(C)C)oc12. The fourth-order valence-corrected chi connectivity index (χ4v) is 2.84. The molecule has 0 aliphatic rings. The topological polar surface area (TPSA) is 52.3 Å². The van der Waals surface area contributed by atoms with E-state index < -0.39 is 0 Å². The summed E-state index contributed by atoms with van der Waals surface area (Å²) in [6, 6.07) is 9.30. The molecule has 124 valence electrons. The zero-order valence-corrected chi connectivity index (χ0v) is 14.2. The normalized spacial score (nSPS) is 11.2. The van der Waals surface area contributed by atoms with Crippen molar-refractivity contribution in [2.45, 2.75) is 26.7 Å². The third-order valence-corrected chi connectivity index (χ3v) is 3.94. The van der Waals surface area contributed by atoms with Gasteiger partial charge >= 0.3 is 0 Å². The summed E-state index contributed by atoms with van der Waals surface area (Å²) in [7, 11) is 1.61. The molecule has 0 aliphatic carbocycles. The molecule has 3 rings (SSSR count). The molecule has 0 atom stereocenters. The van der Waals surface area contributed by atoms with E-state index in [1.165, 1.54) is 0 Å². The van der Waals surface area contributed by atoms with Crippen molar-refractivity contribution in [2.75, 3.05) is 7.11 Å². The van der Waals surface area contributed by atoms with E-state index in [-0.39, 0.29) is 5.78 Å². The minimum absolute atomic E-state index is 0.0609. The lowest BCUT2D eigenvalue weighted by molar-refractivity contribution is 0.0994. The van der Waals surface area contributed by atoms with Gasteiger partial charge < -0.3 is 9.15 Å². The number of hydrogen-bond acceptors (Lipinski definition) is 4. The van der Waals surface area contributed by atoms with Crippen LogP contribution in [-0.2, 0) is 12.8 Å². The molecule has 4 heteroatoms. The smallest absolute Gasteiger partial charge is 0.176 e. The Morgan fingerprint density at radius 3 is 2.62 bits per heavy atom. The van der Waals surface area contributed by atoms with Crippen molar-refractivity contribution in [3.8, 4) is 5.75 Å². The highest BCUT2D eigenvalue weighted by Crippen LogP contribution is 2.33. The first kappa shape index (κ1) is 16.2. The van der Waals surface area contributed by atoms with Gasteiger partial charge in [-0.05, 0) is 41.8 Å². The predicted molar refractivity (Wildman–Crippen MR) is 93.6 cm³/mol. The summed E-state index contributed by atoms with van der Waals surface area (Å²) in [5.41, 5.74) is 2.26. The van der Waals surface area contributed by atoms with Crippen LogP contribution in [0.3, 0.4) is 0 Å². The first-order valence-electron chi connectivity index (χ1n) is 8.10. The number of benzene rings is 1. The number of pyridine rings is 1. The maximum absolute atomic E-state index is 12.8. The Labute approximate surface area is 141 Å². The number of carbonyl (C=O) groups is 1. The standard InChI is InChI=1S/C20H21NO3/c1-13(2)10-15-12-17-16(4-5-19(23-3)20(17)24-15)18(22)11-14-6-8-21-9-7-14/h4-9,12-13H,10-11H2,1-3H3. The Balaban J connectivity index is 2.01. The van der Waals surface area contributed by atoms with Crippen LogP contribution in [0.15, 0.2) is 47.1 Å². The Kier molecular flexibility index (Phi) is 4.65. The van der Waals surface area contributed by atoms with Crippen molar-refractivity contribution in [1.29, 1.82) is 0 Å². The number of nitrogens with zero attached hydrogens (tertiary/aromatic N) is 1. The number of aromatic nitrogens is 1. The highest BCUT2D eigenvalue weighted by Gasteiger charge is 2.18. The lowest BCUT2D eigenvalue weighted by atomic mass is 10.00. The number of rotatable bonds is 6. The predicted octanol–water partition coefficient (Wildman–Crippen LogP) is 4.46. The van der Waals surface area contributed by atoms with Crippen LogP contribution < -0.4 is 4.74 Å². The molecule has 0 amide bonds. The Hall–Kier alpha value is -2.62. The van der Waals surface area contributed by atoms with E-state index >= 15 is 0 Å². The van der Waals surface area contributed by atoms with Crippen molar-refractivity contribution in [2.24, 2.45) is 5.92 Å². The fraction of sp³-hybridized carbons (Fsp3) is 0.300. The van der Waals surface area contributed by atoms with Crippen molar-refractivity contribution in [3.63, 3.8) is 0 Å². The summed E-state index contributed by atoms with van der Waals surface area (Å²) < 4.78 is 11.3. The summed E-state index contributed by atoms with van der Waals surface area (Å²) in [6.07, 6.45) is 4.57. The second kappa shape index (κ2) is 6.87. The second-order valence-corrected chi connectivity index (χ2v) is 6.32. The van der Waals surface area contributed by atoms with Crippen LogP contribution in [0, 0.1) is 5.92 Å². The molecule has 0 N–H and O–H groups in total. The van der Waals surface area contributed by atoms with Gasteiger partial charge in [0.05, 0.1) is 7.11 Å². The van der Waals surface area contributed by atoms with Gasteiger partial charge in [-0.15, -0.1) is 0 Å². The van der Waals surface area contributed by atoms with Gasteiger partial charge in [-0.3, -0.25) is 9.78 Å². The monoisotopic (exact) mass is 323 g/mol. The summed E-state index contributed by atoms with van der Waals surface area (Å²) >= 11 is 0. The van der Waals surface area contributed by atoms with Crippen molar-refractivity contribution < 1.29 is 13.9 Å². The van der Waals surface area contributed by atoms with Gasteiger partial charge in [0.1, 0.15) is 5.76 Å². The Bertz CT molecular complexity index is 850. The Morgan fingerprint density at radius 1 is 1.21 bits per heavy atom. The van der Waals surface area contributed by atoms with Crippen LogP contribution in [0.4, 0.5) is 0 Å². The number of ether oxygens (including phenoxy) is 1. The van der Waals surface area contributed by atoms with E-state index in [0.29, 0.717) is 29.2 Å². The average molecular weight is 323 g/mol. The average Bonchev–Trinajstić information content (AvgIpc) is 2.97. The van der Waals surface area contributed by atoms with Gasteiger partial charge in [-0.1, -0.05) is 13.8 Å². The molecule has 0 spiro atoms. The molecule has 2 aromatic heterocycles. The lowest BCUT2D eigenvalue weighted by Crippen LogP contribution is -2.04. The first-order chi connectivity index (χ1) is 11.6. The van der Waals surface area contributed by atoms with Gasteiger partial charge in [0.25, 0.3) is 0 Å². The summed E-state index contributed by atoms with van der Waals surface area (Å²) in [6.45, 7) is 4.28. The molecule has 0 fully saturated rings. The number of furan rings is 1. The van der Waals surface area contributed by atoms with Crippen LogP contribution in [0.5, 0.6) is 5.75 Å². The maximum atomic E-state index is 12.8. The van der Waals surface area contributed by atoms with Gasteiger partial charge in [-0.25, -0.2) is 0 Å². The molecular formula is C20H21NO3. The number of hydrogen-bond donors (Lipinski definition) is 0. The van der Waals surface area contributed by atoms with Crippen molar-refractivity contribution in [3.05, 3.63) is 59.6 Å². The molecule has 3 aromatic rings. The maximum Gasteiger partial charge on any atom is 0.176 e. The van der Waals surface area contributed by atoms with Gasteiger partial charge in [0, 0.05) is 36.2 Å². The van der Waals surface area contributed by atoms with Crippen LogP contribution in [-0.4, -0.2) is 17.9 Å². The molecule has 0 bridgehead atoms. The van der Waals surface area contributed by atoms with Crippen molar-refractivity contribution >= 4 is 16.8 Å². The van der Waals surface area contributed by atoms with E-state index in [1.807, 2.05) is 24.3 Å². The first-order valence-corrected chi connectivity index (χ1v) is 8.10. The van der Waals surface area contributed by atoms with E-state index in [0.717, 1.165) is 23.1 Å². The minimum Gasteiger partial charge on any atom is -0.493 e. The number of methoxy groups -OCH3 is 1. The molecule has 0 aliphatic heterocycles. The number of Topliss-reactive ketones (excluding diaryl/α,β-unsaturated/α-hetero) is 1. The second-order valence-electron chi connectivity index (χ2n) is 6.32. The fourth-order valence-electron chi connectivity index (χ4n) is 2.84. The van der Waals surface area contributed by atoms with Crippen LogP contribution in [0.25, 0.3) is 11.0 Å². The molecule has 4 nitrogen and oxygen atoms in total. The highest BCUT2D eigenvalue weighted by molar-refractivity contribution is 6.09. The molecule has 1 aromatic carbocycles. The molecule has 0 radical (unpaired) electrons. The van der Waals surface area contributed by atoms with Gasteiger partial charge in [-0.2, -0.15) is 0 Å². The summed E-state index contributed by atoms with van der Waals surface area (Å²) in [4.78, 5) is 16.7. The largest absolute Gasteiger partial charge is 0.493 e. The number of carbonyl (C=O) groups excluding carboxylic acids is 1. The lowest BCUT2D eigenvalue weighted by Gasteiger charge is -2.05. The van der Waals surface area contributed by atoms with E-state index in [2.05, 4.69) is 18.8 Å². The highest BCUT2D eigenvalue weighted by atomic mass is 16.5. The van der Waals surface area contributed by atoms with Crippen LogP contribution >= 0.6 is 0 Å². The number of ketones is 1. The van der Waals surface area contributed by atoms with Crippen molar-refractivity contribution in [1.82, 2.24) is 4.98 Å². The zero-order valence-electron chi connectivity index (χ0n) is 14.2. The van der Waals surface area contributed by atoms with E-state index in [1.54, 1.807) is 25.6 Å². The minimum atomic E-state index is 0.0609. The molecule has 0 unspecified atom stereocenters. The third kappa shape index (κ3) is 3.32. The molecule has 2 heterocycles. The quantitative estimate of drug-likeness (QED) is 0.628. The zero-order chi connectivity index (χ0) is 17.1. The van der Waals surface area contributed by atoms with Gasteiger partial charge in [0.2, 0.25) is 0 Å². The third-order valence-electron chi connectivity index (χ3n) is 3.94. The van der Waals surface area contributed by atoms with E-state index in [9.17, 15) is 4.79 Å².